The Bertz CT molecular complexity index is 2100. The molecule has 6 heteroatoms. The SMILES string of the molecule is [C-]#[N+]c1cc(C#N)cc(-c2cccc3c4ccccc4n(-c4cccc5c4C(=O)N(c4ccccc4)C5=O)c23)c1. The van der Waals surface area contributed by atoms with Gasteiger partial charge in [0.1, 0.15) is 0 Å². The normalized spacial score (nSPS) is 12.5. The van der Waals surface area contributed by atoms with Crippen LogP contribution in [0.1, 0.15) is 26.3 Å². The third-order valence-corrected chi connectivity index (χ3v) is 7.33. The Balaban J connectivity index is 1.57. The third kappa shape index (κ3) is 3.27. The van der Waals surface area contributed by atoms with Crippen LogP contribution in [0.15, 0.2) is 109 Å². The van der Waals surface area contributed by atoms with E-state index in [0.717, 1.165) is 32.9 Å². The Morgan fingerprint density at radius 2 is 1.45 bits per heavy atom. The molecule has 5 aromatic carbocycles. The molecule has 0 fully saturated rings. The highest BCUT2D eigenvalue weighted by molar-refractivity contribution is 6.35. The van der Waals surface area contributed by atoms with Crippen molar-refractivity contribution >= 4 is 45.0 Å². The maximum atomic E-state index is 13.9. The van der Waals surface area contributed by atoms with Crippen LogP contribution in [0.3, 0.4) is 0 Å². The molecule has 7 rings (SSSR count). The first-order valence-corrected chi connectivity index (χ1v) is 12.6. The lowest BCUT2D eigenvalue weighted by Gasteiger charge is -2.15. The fourth-order valence-electron chi connectivity index (χ4n) is 5.66. The maximum absolute atomic E-state index is 13.9. The van der Waals surface area contributed by atoms with Crippen molar-refractivity contribution in [1.29, 1.82) is 5.26 Å². The first kappa shape index (κ1) is 23.2. The number of rotatable bonds is 3. The zero-order valence-corrected chi connectivity index (χ0v) is 21.0. The molecule has 0 atom stereocenters. The maximum Gasteiger partial charge on any atom is 0.268 e. The number of carbonyl (C=O) groups excluding carboxylic acids is 2. The van der Waals surface area contributed by atoms with Crippen LogP contribution >= 0.6 is 0 Å². The summed E-state index contributed by atoms with van der Waals surface area (Å²) in [7, 11) is 0. The largest absolute Gasteiger partial charge is 0.308 e. The van der Waals surface area contributed by atoms with Gasteiger partial charge in [-0.2, -0.15) is 5.26 Å². The summed E-state index contributed by atoms with van der Waals surface area (Å²) in [6, 6.07) is 35.4. The molecule has 6 nitrogen and oxygen atoms in total. The first-order valence-electron chi connectivity index (χ1n) is 12.6. The van der Waals surface area contributed by atoms with Crippen LogP contribution in [0.2, 0.25) is 0 Å². The van der Waals surface area contributed by atoms with Crippen LogP contribution < -0.4 is 4.90 Å². The van der Waals surface area contributed by atoms with Crippen LogP contribution in [-0.2, 0) is 0 Å². The summed E-state index contributed by atoms with van der Waals surface area (Å²) >= 11 is 0. The summed E-state index contributed by atoms with van der Waals surface area (Å²) in [6.45, 7) is 7.55. The summed E-state index contributed by atoms with van der Waals surface area (Å²) in [4.78, 5) is 32.3. The van der Waals surface area contributed by atoms with Crippen LogP contribution in [0.5, 0.6) is 0 Å². The Morgan fingerprint density at radius 1 is 0.725 bits per heavy atom. The number of nitrogens with zero attached hydrogens (tertiary/aromatic N) is 4. The number of amides is 2. The minimum atomic E-state index is -0.382. The van der Waals surface area contributed by atoms with E-state index in [0.29, 0.717) is 33.8 Å². The smallest absolute Gasteiger partial charge is 0.268 e. The molecule has 6 aromatic rings. The van der Waals surface area contributed by atoms with Crippen molar-refractivity contribution in [3.8, 4) is 22.9 Å². The van der Waals surface area contributed by atoms with E-state index in [1.165, 1.54) is 4.90 Å². The van der Waals surface area contributed by atoms with Crippen molar-refractivity contribution in [2.24, 2.45) is 0 Å². The predicted octanol–water partition coefficient (Wildman–Crippen LogP) is 7.67. The lowest BCUT2D eigenvalue weighted by Crippen LogP contribution is -2.29. The standard InChI is InChI=1S/C34H18N4O2/c1-36-23-18-21(20-35)17-22(19-23)25-12-7-13-27-26-11-5-6-15-29(26)38(32(25)27)30-16-8-14-28-31(30)34(40)37(33(28)39)24-9-3-2-4-10-24/h2-19H. The second kappa shape index (κ2) is 8.80. The van der Waals surface area contributed by atoms with E-state index in [-0.39, 0.29) is 11.8 Å². The fourth-order valence-corrected chi connectivity index (χ4v) is 5.66. The number of benzene rings is 5. The molecule has 2 amide bonds. The molecule has 1 aliphatic heterocycles. The average molecular weight is 515 g/mol. The molecule has 0 aliphatic carbocycles. The van der Waals surface area contributed by atoms with Crippen LogP contribution in [0, 0.1) is 17.9 Å². The van der Waals surface area contributed by atoms with E-state index in [1.54, 1.807) is 54.6 Å². The van der Waals surface area contributed by atoms with Crippen LogP contribution in [0.4, 0.5) is 11.4 Å². The lowest BCUT2D eigenvalue weighted by molar-refractivity contribution is 0.0926. The number of hydrogen-bond acceptors (Lipinski definition) is 3. The number of anilines is 1. The number of nitriles is 1. The van der Waals surface area contributed by atoms with Crippen molar-refractivity contribution in [3.05, 3.63) is 137 Å². The van der Waals surface area contributed by atoms with Crippen LogP contribution in [0.25, 0.3) is 43.5 Å². The van der Waals surface area contributed by atoms with E-state index in [9.17, 15) is 14.9 Å². The molecule has 40 heavy (non-hydrogen) atoms. The van der Waals surface area contributed by atoms with Gasteiger partial charge in [0.15, 0.2) is 5.69 Å². The minimum Gasteiger partial charge on any atom is -0.308 e. The molecule has 0 spiro atoms. The number of fused-ring (bicyclic) bond motifs is 4. The Morgan fingerprint density at radius 3 is 2.25 bits per heavy atom. The van der Waals surface area contributed by atoms with E-state index in [4.69, 9.17) is 6.57 Å². The molecular formula is C34H18N4O2. The summed E-state index contributed by atoms with van der Waals surface area (Å²) in [5, 5.41) is 11.6. The van der Waals surface area contributed by atoms with Crippen molar-refractivity contribution in [2.45, 2.75) is 0 Å². The van der Waals surface area contributed by atoms with Crippen molar-refractivity contribution < 1.29 is 9.59 Å². The number of aromatic nitrogens is 1. The Kier molecular flexibility index (Phi) is 5.10. The molecule has 0 bridgehead atoms. The first-order chi connectivity index (χ1) is 19.6. The molecule has 0 radical (unpaired) electrons. The van der Waals surface area contributed by atoms with E-state index in [1.807, 2.05) is 59.2 Å². The summed E-state index contributed by atoms with van der Waals surface area (Å²) in [5.41, 5.74) is 5.78. The zero-order valence-electron chi connectivity index (χ0n) is 21.0. The molecule has 1 aromatic heterocycles. The van der Waals surface area contributed by atoms with Gasteiger partial charge in [-0.05, 0) is 54.1 Å². The second-order valence-corrected chi connectivity index (χ2v) is 9.53. The minimum absolute atomic E-state index is 0.335. The molecule has 1 aliphatic rings. The van der Waals surface area contributed by atoms with Crippen LogP contribution in [-0.4, -0.2) is 16.4 Å². The van der Waals surface area contributed by atoms with Gasteiger partial charge in [0, 0.05) is 21.9 Å². The highest BCUT2D eigenvalue weighted by Gasteiger charge is 2.39. The highest BCUT2D eigenvalue weighted by atomic mass is 16.2. The predicted molar refractivity (Wildman–Crippen MR) is 155 cm³/mol. The molecular weight excluding hydrogens is 496 g/mol. The number of hydrogen-bond donors (Lipinski definition) is 0. The molecule has 0 unspecified atom stereocenters. The van der Waals surface area contributed by atoms with Gasteiger partial charge in [0.2, 0.25) is 0 Å². The molecule has 0 saturated heterocycles. The third-order valence-electron chi connectivity index (χ3n) is 7.33. The summed E-state index contributed by atoms with van der Waals surface area (Å²) < 4.78 is 2.02. The number of para-hydroxylation sites is 3. The number of carbonyl (C=O) groups is 2. The van der Waals surface area contributed by atoms with E-state index >= 15 is 0 Å². The molecule has 186 valence electrons. The quantitative estimate of drug-likeness (QED) is 0.180. The highest BCUT2D eigenvalue weighted by Crippen LogP contribution is 2.41. The molecule has 0 N–H and O–H groups in total. The molecule has 0 saturated carbocycles. The average Bonchev–Trinajstić information content (AvgIpc) is 3.48. The molecule has 2 heterocycles. The summed E-state index contributed by atoms with van der Waals surface area (Å²) in [6.07, 6.45) is 0. The van der Waals surface area contributed by atoms with Gasteiger partial charge >= 0.3 is 0 Å². The van der Waals surface area contributed by atoms with E-state index in [2.05, 4.69) is 10.9 Å². The van der Waals surface area contributed by atoms with Gasteiger partial charge in [0.25, 0.3) is 11.8 Å². The zero-order chi connectivity index (χ0) is 27.4. The topological polar surface area (TPSA) is 70.5 Å². The number of imide groups is 1. The monoisotopic (exact) mass is 514 g/mol. The van der Waals surface area contributed by atoms with Crippen molar-refractivity contribution in [1.82, 2.24) is 4.57 Å². The van der Waals surface area contributed by atoms with Crippen molar-refractivity contribution in [2.75, 3.05) is 4.90 Å². The van der Waals surface area contributed by atoms with Gasteiger partial charge in [0.05, 0.1) is 46.2 Å². The van der Waals surface area contributed by atoms with Crippen molar-refractivity contribution in [3.63, 3.8) is 0 Å². The van der Waals surface area contributed by atoms with Gasteiger partial charge in [-0.1, -0.05) is 60.7 Å². The summed E-state index contributed by atoms with van der Waals surface area (Å²) in [5.74, 6) is -0.746. The second-order valence-electron chi connectivity index (χ2n) is 9.53. The Hall–Kier alpha value is -5.98. The van der Waals surface area contributed by atoms with Gasteiger partial charge in [-0.25, -0.2) is 9.74 Å². The van der Waals surface area contributed by atoms with Gasteiger partial charge < -0.3 is 4.57 Å². The lowest BCUT2D eigenvalue weighted by atomic mass is 9.99. The Labute approximate surface area is 229 Å². The van der Waals surface area contributed by atoms with E-state index < -0.39 is 0 Å². The van der Waals surface area contributed by atoms with Gasteiger partial charge in [-0.15, -0.1) is 0 Å². The fraction of sp³-hybridized carbons (Fsp3) is 0. The van der Waals surface area contributed by atoms with Gasteiger partial charge in [-0.3, -0.25) is 9.59 Å².